The third-order valence-electron chi connectivity index (χ3n) is 2.63. The fourth-order valence-corrected chi connectivity index (χ4v) is 1.86. The summed E-state index contributed by atoms with van der Waals surface area (Å²) in [4.78, 5) is 16.1. The normalized spacial score (nSPS) is 10.7. The van der Waals surface area contributed by atoms with Crippen LogP contribution in [0.5, 0.6) is 0 Å². The molecule has 108 valence electrons. The Morgan fingerprint density at radius 3 is 2.90 bits per heavy atom. The summed E-state index contributed by atoms with van der Waals surface area (Å²) in [5.74, 6) is 0.725. The van der Waals surface area contributed by atoms with Crippen LogP contribution in [-0.2, 0) is 6.54 Å². The van der Waals surface area contributed by atoms with E-state index in [1.165, 1.54) is 17.3 Å². The second kappa shape index (κ2) is 6.27. The molecule has 0 fully saturated rings. The van der Waals surface area contributed by atoms with Gasteiger partial charge in [0.15, 0.2) is 0 Å². The summed E-state index contributed by atoms with van der Waals surface area (Å²) in [6.07, 6.45) is 7.44. The van der Waals surface area contributed by atoms with Gasteiger partial charge in [-0.2, -0.15) is 29.8 Å². The van der Waals surface area contributed by atoms with Gasteiger partial charge in [-0.15, -0.1) is 0 Å². The smallest absolute Gasteiger partial charge is 0.258 e. The zero-order valence-corrected chi connectivity index (χ0v) is 11.7. The van der Waals surface area contributed by atoms with E-state index in [-0.39, 0.29) is 5.28 Å². The number of aryl methyl sites for hydroxylation is 1. The maximum Gasteiger partial charge on any atom is 0.258 e. The summed E-state index contributed by atoms with van der Waals surface area (Å²) >= 11 is 5.88. The average molecular weight is 306 g/mol. The molecule has 1 N–H and O–H groups in total. The number of hydrogen-bond acceptors (Lipinski definition) is 7. The van der Waals surface area contributed by atoms with Crippen molar-refractivity contribution in [2.75, 3.05) is 11.9 Å². The van der Waals surface area contributed by atoms with Crippen molar-refractivity contribution < 1.29 is 0 Å². The zero-order valence-electron chi connectivity index (χ0n) is 11.0. The van der Waals surface area contributed by atoms with Crippen molar-refractivity contribution in [1.29, 1.82) is 0 Å². The lowest BCUT2D eigenvalue weighted by Gasteiger charge is -2.06. The van der Waals surface area contributed by atoms with Gasteiger partial charge in [-0.25, -0.2) is 4.98 Å². The number of aromatic nitrogens is 8. The molecule has 0 saturated carbocycles. The van der Waals surface area contributed by atoms with Crippen molar-refractivity contribution in [3.05, 3.63) is 36.4 Å². The molecule has 0 bridgehead atoms. The highest BCUT2D eigenvalue weighted by atomic mass is 35.5. The van der Waals surface area contributed by atoms with Gasteiger partial charge in [0.2, 0.25) is 11.2 Å². The summed E-state index contributed by atoms with van der Waals surface area (Å²) in [5.41, 5.74) is 0. The number of hydrogen-bond donors (Lipinski definition) is 1. The molecule has 10 heteroatoms. The topological polar surface area (TPSA) is 99.2 Å². The van der Waals surface area contributed by atoms with Crippen LogP contribution in [0.4, 0.5) is 5.95 Å². The zero-order chi connectivity index (χ0) is 14.5. The molecule has 3 rings (SSSR count). The molecule has 21 heavy (non-hydrogen) atoms. The van der Waals surface area contributed by atoms with E-state index >= 15 is 0 Å². The van der Waals surface area contributed by atoms with Gasteiger partial charge in [-0.05, 0) is 24.1 Å². The van der Waals surface area contributed by atoms with Crippen molar-refractivity contribution in [3.8, 4) is 5.95 Å². The third-order valence-corrected chi connectivity index (χ3v) is 2.80. The van der Waals surface area contributed by atoms with E-state index in [1.54, 1.807) is 6.20 Å². The van der Waals surface area contributed by atoms with Crippen LogP contribution in [0.1, 0.15) is 6.42 Å². The molecule has 0 aliphatic rings. The number of halogens is 1. The Labute approximate surface area is 125 Å². The molecule has 0 aromatic carbocycles. The Hall–Kier alpha value is -2.55. The Balaban J connectivity index is 1.60. The molecule has 0 unspecified atom stereocenters. The van der Waals surface area contributed by atoms with Gasteiger partial charge in [0.1, 0.15) is 12.7 Å². The Morgan fingerprint density at radius 1 is 1.19 bits per heavy atom. The largest absolute Gasteiger partial charge is 0.354 e. The van der Waals surface area contributed by atoms with E-state index < -0.39 is 0 Å². The molecule has 3 aromatic heterocycles. The standard InChI is InChI=1S/C11H12ClN9/c12-9-17-10(14-3-1-5-20-6-2-4-15-20)19-11(18-9)21-8-13-7-16-21/h2,4,6-8H,1,3,5H2,(H,14,17,18,19). The van der Waals surface area contributed by atoms with Crippen LogP contribution in [0.3, 0.4) is 0 Å². The molecule has 0 atom stereocenters. The van der Waals surface area contributed by atoms with Crippen LogP contribution in [-0.4, -0.2) is 46.0 Å². The van der Waals surface area contributed by atoms with Gasteiger partial charge in [0.05, 0.1) is 0 Å². The predicted molar refractivity (Wildman–Crippen MR) is 75.1 cm³/mol. The van der Waals surface area contributed by atoms with E-state index in [2.05, 4.69) is 35.5 Å². The molecule has 9 nitrogen and oxygen atoms in total. The van der Waals surface area contributed by atoms with Crippen LogP contribution in [0.25, 0.3) is 5.95 Å². The second-order valence-corrected chi connectivity index (χ2v) is 4.46. The van der Waals surface area contributed by atoms with E-state index in [1.807, 2.05) is 16.9 Å². The van der Waals surface area contributed by atoms with Crippen molar-refractivity contribution in [2.45, 2.75) is 13.0 Å². The van der Waals surface area contributed by atoms with Crippen LogP contribution in [0.2, 0.25) is 5.28 Å². The van der Waals surface area contributed by atoms with E-state index in [4.69, 9.17) is 11.6 Å². The molecule has 0 radical (unpaired) electrons. The van der Waals surface area contributed by atoms with Gasteiger partial charge < -0.3 is 5.32 Å². The van der Waals surface area contributed by atoms with Gasteiger partial charge in [-0.3, -0.25) is 4.68 Å². The molecule has 3 heterocycles. The lowest BCUT2D eigenvalue weighted by atomic mass is 10.4. The lowest BCUT2D eigenvalue weighted by Crippen LogP contribution is -2.12. The first-order chi connectivity index (χ1) is 10.3. The first-order valence-electron chi connectivity index (χ1n) is 6.29. The fourth-order valence-electron chi connectivity index (χ4n) is 1.71. The van der Waals surface area contributed by atoms with Crippen LogP contribution in [0.15, 0.2) is 31.1 Å². The molecule has 3 aromatic rings. The van der Waals surface area contributed by atoms with Gasteiger partial charge >= 0.3 is 0 Å². The number of nitrogens with one attached hydrogen (secondary N) is 1. The predicted octanol–water partition coefficient (Wildman–Crippen LogP) is 0.804. The average Bonchev–Trinajstić information content (AvgIpc) is 3.16. The molecule has 0 spiro atoms. The fraction of sp³-hybridized carbons (Fsp3) is 0.273. The number of nitrogens with zero attached hydrogens (tertiary/aromatic N) is 8. The summed E-state index contributed by atoms with van der Waals surface area (Å²) in [6, 6.07) is 1.89. The Bertz CT molecular complexity index is 680. The van der Waals surface area contributed by atoms with Crippen LogP contribution in [0, 0.1) is 0 Å². The van der Waals surface area contributed by atoms with Crippen molar-refractivity contribution in [2.24, 2.45) is 0 Å². The van der Waals surface area contributed by atoms with Crippen LogP contribution >= 0.6 is 11.6 Å². The van der Waals surface area contributed by atoms with Gasteiger partial charge in [0, 0.05) is 25.5 Å². The molecule has 0 aliphatic carbocycles. The highest BCUT2D eigenvalue weighted by molar-refractivity contribution is 6.28. The minimum Gasteiger partial charge on any atom is -0.354 e. The molecule has 0 saturated heterocycles. The number of rotatable bonds is 6. The highest BCUT2D eigenvalue weighted by Gasteiger charge is 2.07. The minimum absolute atomic E-state index is 0.102. The first kappa shape index (κ1) is 13.4. The van der Waals surface area contributed by atoms with Gasteiger partial charge in [-0.1, -0.05) is 0 Å². The first-order valence-corrected chi connectivity index (χ1v) is 6.67. The molecular formula is C11H12ClN9. The van der Waals surface area contributed by atoms with Crippen molar-refractivity contribution in [1.82, 2.24) is 39.5 Å². The van der Waals surface area contributed by atoms with Crippen LogP contribution < -0.4 is 5.32 Å². The molecular weight excluding hydrogens is 294 g/mol. The monoisotopic (exact) mass is 305 g/mol. The van der Waals surface area contributed by atoms with E-state index in [0.29, 0.717) is 18.4 Å². The minimum atomic E-state index is 0.102. The Morgan fingerprint density at radius 2 is 2.14 bits per heavy atom. The SMILES string of the molecule is Clc1nc(NCCCn2cccn2)nc(-n2cncn2)n1. The summed E-state index contributed by atoms with van der Waals surface area (Å²) in [6.45, 7) is 1.51. The summed E-state index contributed by atoms with van der Waals surface area (Å²) in [7, 11) is 0. The highest BCUT2D eigenvalue weighted by Crippen LogP contribution is 2.08. The lowest BCUT2D eigenvalue weighted by molar-refractivity contribution is 0.590. The third kappa shape index (κ3) is 3.51. The summed E-state index contributed by atoms with van der Waals surface area (Å²) in [5, 5.41) is 11.3. The second-order valence-electron chi connectivity index (χ2n) is 4.12. The quantitative estimate of drug-likeness (QED) is 0.672. The maximum atomic E-state index is 5.88. The number of anilines is 1. The molecule has 0 aliphatic heterocycles. The van der Waals surface area contributed by atoms with Gasteiger partial charge in [0.25, 0.3) is 5.95 Å². The van der Waals surface area contributed by atoms with Crippen molar-refractivity contribution in [3.63, 3.8) is 0 Å². The van der Waals surface area contributed by atoms with E-state index in [0.717, 1.165) is 13.0 Å². The van der Waals surface area contributed by atoms with Crippen molar-refractivity contribution >= 4 is 17.5 Å². The molecule has 0 amide bonds. The summed E-state index contributed by atoms with van der Waals surface area (Å²) < 4.78 is 3.28. The Kier molecular flexibility index (Phi) is 4.01. The maximum absolute atomic E-state index is 5.88. The van der Waals surface area contributed by atoms with E-state index in [9.17, 15) is 0 Å².